The van der Waals surface area contributed by atoms with Crippen molar-refractivity contribution in [2.24, 2.45) is 18.9 Å². The van der Waals surface area contributed by atoms with E-state index in [-0.39, 0.29) is 0 Å². The fourth-order valence-corrected chi connectivity index (χ4v) is 4.91. The summed E-state index contributed by atoms with van der Waals surface area (Å²) >= 11 is 0. The molecular weight excluding hydrogens is 414 g/mol. The number of hydrogen-bond donors (Lipinski definition) is 0. The van der Waals surface area contributed by atoms with Crippen LogP contribution in [0.1, 0.15) is 30.4 Å². The number of rotatable bonds is 6. The Balaban J connectivity index is 1.35. The monoisotopic (exact) mass is 441 g/mol. The van der Waals surface area contributed by atoms with Crippen molar-refractivity contribution < 1.29 is 4.74 Å². The molecule has 168 valence electrons. The number of piperidine rings is 1. The van der Waals surface area contributed by atoms with Gasteiger partial charge >= 0.3 is 0 Å². The van der Waals surface area contributed by atoms with Crippen molar-refractivity contribution in [2.75, 3.05) is 24.6 Å². The zero-order chi connectivity index (χ0) is 22.5. The normalized spacial score (nSPS) is 19.2. The summed E-state index contributed by atoms with van der Waals surface area (Å²) < 4.78 is 7.88. The third-order valence-corrected chi connectivity index (χ3v) is 6.69. The van der Waals surface area contributed by atoms with E-state index in [0.717, 1.165) is 75.9 Å². The predicted molar refractivity (Wildman–Crippen MR) is 126 cm³/mol. The SMILES string of the molecule is CCOc1cc(-c2nncn2C)ccc1Cc1ncc2cc(C)nc(N3CC4CC4C3)c2n1. The van der Waals surface area contributed by atoms with Crippen LogP contribution in [0.25, 0.3) is 22.3 Å². The summed E-state index contributed by atoms with van der Waals surface area (Å²) in [5, 5.41) is 9.25. The van der Waals surface area contributed by atoms with Crippen molar-refractivity contribution >= 4 is 16.7 Å². The van der Waals surface area contributed by atoms with Gasteiger partial charge in [-0.05, 0) is 44.2 Å². The van der Waals surface area contributed by atoms with E-state index in [1.165, 1.54) is 6.42 Å². The molecule has 0 radical (unpaired) electrons. The van der Waals surface area contributed by atoms with Crippen molar-refractivity contribution in [3.8, 4) is 17.1 Å². The van der Waals surface area contributed by atoms with Gasteiger partial charge in [0.2, 0.25) is 0 Å². The second-order valence-corrected chi connectivity index (χ2v) is 9.17. The van der Waals surface area contributed by atoms with Gasteiger partial charge in [-0.1, -0.05) is 12.1 Å². The van der Waals surface area contributed by atoms with Crippen molar-refractivity contribution in [3.63, 3.8) is 0 Å². The number of fused-ring (bicyclic) bond motifs is 2. The molecule has 2 aliphatic rings. The standard InChI is InChI=1S/C25H27N7O/c1-4-33-21-9-17(24-30-27-14-31(24)3)6-5-16(21)10-22-26-11-18-7-15(2)28-25(23(18)29-22)32-12-19-8-20(19)13-32/h5-7,9,11,14,19-20H,4,8,10,12-13H2,1-3H3. The number of hydrogen-bond acceptors (Lipinski definition) is 7. The summed E-state index contributed by atoms with van der Waals surface area (Å²) in [6.45, 7) is 6.80. The quantitative estimate of drug-likeness (QED) is 0.452. The fraction of sp³-hybridized carbons (Fsp3) is 0.400. The van der Waals surface area contributed by atoms with Crippen LogP contribution in [-0.4, -0.2) is 49.4 Å². The maximum absolute atomic E-state index is 5.98. The van der Waals surface area contributed by atoms with Gasteiger partial charge < -0.3 is 14.2 Å². The maximum Gasteiger partial charge on any atom is 0.163 e. The molecule has 33 heavy (non-hydrogen) atoms. The molecular formula is C25H27N7O. The molecule has 1 aliphatic heterocycles. The molecule has 0 spiro atoms. The molecule has 2 atom stereocenters. The van der Waals surface area contributed by atoms with Crippen LogP contribution in [0, 0.1) is 18.8 Å². The van der Waals surface area contributed by atoms with Crippen LogP contribution in [0.2, 0.25) is 0 Å². The van der Waals surface area contributed by atoms with E-state index >= 15 is 0 Å². The van der Waals surface area contributed by atoms with Crippen LogP contribution in [0.15, 0.2) is 36.8 Å². The lowest BCUT2D eigenvalue weighted by molar-refractivity contribution is 0.337. The third-order valence-electron chi connectivity index (χ3n) is 6.69. The number of aromatic nitrogens is 6. The van der Waals surface area contributed by atoms with Crippen LogP contribution in [0.4, 0.5) is 5.82 Å². The Morgan fingerprint density at radius 3 is 2.73 bits per heavy atom. The van der Waals surface area contributed by atoms with Gasteiger partial charge in [-0.3, -0.25) is 0 Å². The second-order valence-electron chi connectivity index (χ2n) is 9.17. The molecule has 3 aromatic heterocycles. The van der Waals surface area contributed by atoms with Gasteiger partial charge in [0, 0.05) is 55.0 Å². The Morgan fingerprint density at radius 1 is 1.12 bits per heavy atom. The average Bonchev–Trinajstić information content (AvgIpc) is 3.19. The van der Waals surface area contributed by atoms with Crippen molar-refractivity contribution in [3.05, 3.63) is 53.9 Å². The van der Waals surface area contributed by atoms with Crippen LogP contribution in [0.5, 0.6) is 5.75 Å². The predicted octanol–water partition coefficient (Wildman–Crippen LogP) is 3.57. The lowest BCUT2D eigenvalue weighted by Gasteiger charge is -2.21. The highest BCUT2D eigenvalue weighted by Crippen LogP contribution is 2.46. The van der Waals surface area contributed by atoms with Gasteiger partial charge in [-0.25, -0.2) is 15.0 Å². The van der Waals surface area contributed by atoms with E-state index in [1.54, 1.807) is 6.33 Å². The minimum Gasteiger partial charge on any atom is -0.494 e. The van der Waals surface area contributed by atoms with Gasteiger partial charge in [-0.15, -0.1) is 10.2 Å². The third kappa shape index (κ3) is 3.69. The van der Waals surface area contributed by atoms with E-state index in [1.807, 2.05) is 37.7 Å². The van der Waals surface area contributed by atoms with E-state index in [9.17, 15) is 0 Å². The molecule has 0 amide bonds. The first-order valence-electron chi connectivity index (χ1n) is 11.6. The molecule has 2 unspecified atom stereocenters. The molecule has 4 heterocycles. The van der Waals surface area contributed by atoms with Crippen molar-refractivity contribution in [1.82, 2.24) is 29.7 Å². The summed E-state index contributed by atoms with van der Waals surface area (Å²) in [7, 11) is 1.93. The zero-order valence-corrected chi connectivity index (χ0v) is 19.2. The van der Waals surface area contributed by atoms with Crippen LogP contribution in [-0.2, 0) is 13.5 Å². The van der Waals surface area contributed by atoms with E-state index in [4.69, 9.17) is 14.7 Å². The molecule has 1 saturated heterocycles. The first kappa shape index (κ1) is 20.1. The van der Waals surface area contributed by atoms with E-state index < -0.39 is 0 Å². The Morgan fingerprint density at radius 2 is 1.97 bits per heavy atom. The largest absolute Gasteiger partial charge is 0.494 e. The highest BCUT2D eigenvalue weighted by atomic mass is 16.5. The number of ether oxygens (including phenoxy) is 1. The van der Waals surface area contributed by atoms with E-state index in [0.29, 0.717) is 13.0 Å². The van der Waals surface area contributed by atoms with Gasteiger partial charge in [0.15, 0.2) is 11.6 Å². The summed E-state index contributed by atoms with van der Waals surface area (Å²) in [5.74, 6) is 5.08. The Hall–Kier alpha value is -3.55. The number of nitrogens with zero attached hydrogens (tertiary/aromatic N) is 7. The van der Waals surface area contributed by atoms with Crippen LogP contribution in [0.3, 0.4) is 0 Å². The average molecular weight is 442 g/mol. The molecule has 4 aromatic rings. The second kappa shape index (κ2) is 7.79. The number of benzene rings is 1. The molecule has 0 N–H and O–H groups in total. The Labute approximate surface area is 192 Å². The molecule has 0 bridgehead atoms. The van der Waals surface area contributed by atoms with Gasteiger partial charge in [0.05, 0.1) is 6.61 Å². The first-order valence-corrected chi connectivity index (χ1v) is 11.6. The van der Waals surface area contributed by atoms with Gasteiger partial charge in [0.25, 0.3) is 0 Å². The summed E-state index contributed by atoms with van der Waals surface area (Å²) in [4.78, 5) is 17.0. The minimum absolute atomic E-state index is 0.582. The lowest BCUT2D eigenvalue weighted by Crippen LogP contribution is -2.23. The molecule has 2 fully saturated rings. The Bertz CT molecular complexity index is 1340. The number of anilines is 1. The highest BCUT2D eigenvalue weighted by Gasteiger charge is 2.45. The highest BCUT2D eigenvalue weighted by molar-refractivity contribution is 5.88. The van der Waals surface area contributed by atoms with Gasteiger partial charge in [-0.2, -0.15) is 0 Å². The number of pyridine rings is 1. The molecule has 8 heteroatoms. The molecule has 1 aromatic carbocycles. The summed E-state index contributed by atoms with van der Waals surface area (Å²) in [5.41, 5.74) is 3.97. The fourth-order valence-electron chi connectivity index (χ4n) is 4.91. The number of aryl methyl sites for hydroxylation is 2. The summed E-state index contributed by atoms with van der Waals surface area (Å²) in [6.07, 6.45) is 5.58. The topological polar surface area (TPSA) is 81.8 Å². The maximum atomic E-state index is 5.98. The van der Waals surface area contributed by atoms with E-state index in [2.05, 4.69) is 38.3 Å². The first-order chi connectivity index (χ1) is 16.1. The Kier molecular flexibility index (Phi) is 4.74. The molecule has 8 nitrogen and oxygen atoms in total. The minimum atomic E-state index is 0.582. The molecule has 6 rings (SSSR count). The lowest BCUT2D eigenvalue weighted by atomic mass is 10.1. The van der Waals surface area contributed by atoms with Gasteiger partial charge in [0.1, 0.15) is 23.4 Å². The van der Waals surface area contributed by atoms with Crippen LogP contribution >= 0.6 is 0 Å². The molecule has 1 saturated carbocycles. The van der Waals surface area contributed by atoms with Crippen molar-refractivity contribution in [1.29, 1.82) is 0 Å². The van der Waals surface area contributed by atoms with Crippen molar-refractivity contribution in [2.45, 2.75) is 26.7 Å². The smallest absolute Gasteiger partial charge is 0.163 e. The zero-order valence-electron chi connectivity index (χ0n) is 19.2. The molecule has 1 aliphatic carbocycles. The van der Waals surface area contributed by atoms with Crippen LogP contribution < -0.4 is 9.64 Å². The summed E-state index contributed by atoms with van der Waals surface area (Å²) in [6, 6.07) is 8.22.